The lowest BCUT2D eigenvalue weighted by Gasteiger charge is -2.20. The lowest BCUT2D eigenvalue weighted by Crippen LogP contribution is -2.06. The average Bonchev–Trinajstić information content (AvgIpc) is 2.65. The first-order valence-electron chi connectivity index (χ1n) is 9.41. The first-order chi connectivity index (χ1) is 12.8. The summed E-state index contributed by atoms with van der Waals surface area (Å²) in [5, 5.41) is 0. The number of allylic oxidation sites excluding steroid dienone is 2. The summed E-state index contributed by atoms with van der Waals surface area (Å²) >= 11 is 0. The summed E-state index contributed by atoms with van der Waals surface area (Å²) in [7, 11) is 0. The molecule has 2 aromatic carbocycles. The van der Waals surface area contributed by atoms with Crippen LogP contribution in [0.3, 0.4) is 0 Å². The number of aryl methyl sites for hydroxylation is 2. The fourth-order valence-corrected chi connectivity index (χ4v) is 3.78. The van der Waals surface area contributed by atoms with Crippen molar-refractivity contribution in [2.75, 3.05) is 0 Å². The second-order valence-electron chi connectivity index (χ2n) is 7.42. The quantitative estimate of drug-likeness (QED) is 0.514. The molecule has 142 valence electrons. The Bertz CT molecular complexity index is 854. The molecular weight excluding hydrogens is 345 g/mol. The minimum Gasteiger partial charge on any atom is -0.166 e. The summed E-state index contributed by atoms with van der Waals surface area (Å²) in [5.74, 6) is 0. The van der Waals surface area contributed by atoms with E-state index in [-0.39, 0.29) is 0 Å². The molecule has 0 aliphatic heterocycles. The van der Waals surface area contributed by atoms with Crippen molar-refractivity contribution in [2.24, 2.45) is 0 Å². The normalized spacial score (nSPS) is 13.9. The van der Waals surface area contributed by atoms with Crippen molar-refractivity contribution >= 4 is 11.1 Å². The Balaban J connectivity index is 1.65. The molecule has 0 saturated carbocycles. The first-order valence-corrected chi connectivity index (χ1v) is 9.41. The van der Waals surface area contributed by atoms with E-state index < -0.39 is 11.7 Å². The second kappa shape index (κ2) is 7.75. The number of hydrogen-bond donors (Lipinski definition) is 0. The van der Waals surface area contributed by atoms with E-state index in [9.17, 15) is 13.2 Å². The highest BCUT2D eigenvalue weighted by molar-refractivity contribution is 5.70. The van der Waals surface area contributed by atoms with E-state index in [1.165, 1.54) is 53.6 Å². The molecule has 0 radical (unpaired) electrons. The zero-order chi connectivity index (χ0) is 19.6. The minimum absolute atomic E-state index is 0.631. The van der Waals surface area contributed by atoms with Crippen molar-refractivity contribution < 1.29 is 13.2 Å². The Morgan fingerprint density at radius 3 is 2.11 bits per heavy atom. The number of benzene rings is 2. The lowest BCUT2D eigenvalue weighted by molar-refractivity contribution is -0.137. The third kappa shape index (κ3) is 4.52. The van der Waals surface area contributed by atoms with Gasteiger partial charge >= 0.3 is 6.18 Å². The van der Waals surface area contributed by atoms with Gasteiger partial charge in [-0.1, -0.05) is 37.4 Å². The smallest absolute Gasteiger partial charge is 0.166 e. The van der Waals surface area contributed by atoms with Gasteiger partial charge in [0.1, 0.15) is 0 Å². The lowest BCUT2D eigenvalue weighted by atomic mass is 9.85. The van der Waals surface area contributed by atoms with Crippen LogP contribution in [-0.4, -0.2) is 0 Å². The molecule has 0 spiro atoms. The molecule has 1 aliphatic carbocycles. The average molecular weight is 370 g/mol. The summed E-state index contributed by atoms with van der Waals surface area (Å²) in [6.45, 7) is 10.5. The van der Waals surface area contributed by atoms with Gasteiger partial charge in [0.05, 0.1) is 5.56 Å². The largest absolute Gasteiger partial charge is 0.416 e. The Labute approximate surface area is 159 Å². The third-order valence-corrected chi connectivity index (χ3v) is 5.45. The van der Waals surface area contributed by atoms with Crippen molar-refractivity contribution in [1.82, 2.24) is 0 Å². The molecule has 0 fully saturated rings. The molecule has 1 aliphatic rings. The van der Waals surface area contributed by atoms with Crippen LogP contribution in [0, 0.1) is 6.92 Å². The molecule has 2 aromatic rings. The maximum Gasteiger partial charge on any atom is 0.416 e. The van der Waals surface area contributed by atoms with E-state index in [1.54, 1.807) is 0 Å². The van der Waals surface area contributed by atoms with Gasteiger partial charge in [-0.05, 0) is 96.5 Å². The Kier molecular flexibility index (Phi) is 5.59. The van der Waals surface area contributed by atoms with Gasteiger partial charge in [0.25, 0.3) is 0 Å². The maximum atomic E-state index is 12.7. The number of rotatable bonds is 5. The van der Waals surface area contributed by atoms with Crippen molar-refractivity contribution in [3.8, 4) is 0 Å². The van der Waals surface area contributed by atoms with Gasteiger partial charge in [-0.15, -0.1) is 0 Å². The van der Waals surface area contributed by atoms with Crippen molar-refractivity contribution in [3.05, 3.63) is 82.9 Å². The summed E-state index contributed by atoms with van der Waals surface area (Å²) in [5.41, 5.74) is 7.45. The topological polar surface area (TPSA) is 0 Å². The van der Waals surface area contributed by atoms with Crippen molar-refractivity contribution in [1.29, 1.82) is 0 Å². The molecule has 0 N–H and O–H groups in total. The number of hydrogen-bond acceptors (Lipinski definition) is 0. The molecular formula is C24H25F3. The number of halogens is 3. The van der Waals surface area contributed by atoms with E-state index in [2.05, 4.69) is 32.2 Å². The highest BCUT2D eigenvalue weighted by Gasteiger charge is 2.30. The van der Waals surface area contributed by atoms with Gasteiger partial charge in [0, 0.05) is 0 Å². The zero-order valence-corrected chi connectivity index (χ0v) is 15.8. The minimum atomic E-state index is -4.31. The summed E-state index contributed by atoms with van der Waals surface area (Å²) < 4.78 is 38.0. The molecule has 3 rings (SSSR count). The Morgan fingerprint density at radius 2 is 1.48 bits per heavy atom. The Morgan fingerprint density at radius 1 is 0.889 bits per heavy atom. The standard InChI is InChI=1S/C24H25F3/c1-16(19-10-12-22(13-11-19)24(25,26)27)8-9-17(2)21-14-18(3)23-7-5-4-6-20(23)15-21/h10-15H,1-2,4-9H2,3H3. The van der Waals surface area contributed by atoms with E-state index >= 15 is 0 Å². The van der Waals surface area contributed by atoms with Crippen LogP contribution in [0.4, 0.5) is 13.2 Å². The van der Waals surface area contributed by atoms with Crippen LogP contribution < -0.4 is 0 Å². The highest BCUT2D eigenvalue weighted by atomic mass is 19.4. The van der Waals surface area contributed by atoms with E-state index in [0.29, 0.717) is 6.42 Å². The van der Waals surface area contributed by atoms with Gasteiger partial charge in [-0.3, -0.25) is 0 Å². The number of alkyl halides is 3. The van der Waals surface area contributed by atoms with E-state index in [1.807, 2.05) is 0 Å². The highest BCUT2D eigenvalue weighted by Crippen LogP contribution is 2.32. The molecule has 3 heteroatoms. The van der Waals surface area contributed by atoms with Gasteiger partial charge in [-0.2, -0.15) is 13.2 Å². The molecule has 0 heterocycles. The van der Waals surface area contributed by atoms with Crippen LogP contribution >= 0.6 is 0 Å². The fraction of sp³-hybridized carbons (Fsp3) is 0.333. The first kappa shape index (κ1) is 19.5. The molecule has 0 nitrogen and oxygen atoms in total. The second-order valence-corrected chi connectivity index (χ2v) is 7.42. The van der Waals surface area contributed by atoms with Crippen LogP contribution in [0.1, 0.15) is 59.1 Å². The predicted molar refractivity (Wildman–Crippen MR) is 107 cm³/mol. The van der Waals surface area contributed by atoms with Gasteiger partial charge in [0.15, 0.2) is 0 Å². The van der Waals surface area contributed by atoms with Crippen LogP contribution in [0.2, 0.25) is 0 Å². The predicted octanol–water partition coefficient (Wildman–Crippen LogP) is 7.40. The molecule has 27 heavy (non-hydrogen) atoms. The molecule has 0 bridgehead atoms. The van der Waals surface area contributed by atoms with Gasteiger partial charge in [-0.25, -0.2) is 0 Å². The van der Waals surface area contributed by atoms with E-state index in [4.69, 9.17) is 0 Å². The molecule has 0 saturated heterocycles. The molecule has 0 unspecified atom stereocenters. The summed E-state index contributed by atoms with van der Waals surface area (Å²) in [6.07, 6.45) is 1.93. The van der Waals surface area contributed by atoms with E-state index in [0.717, 1.165) is 41.7 Å². The SMILES string of the molecule is C=C(CCC(=C)c1cc(C)c2c(c1)CCCC2)c1ccc(C(F)(F)F)cc1. The van der Waals surface area contributed by atoms with Gasteiger partial charge < -0.3 is 0 Å². The van der Waals surface area contributed by atoms with Crippen LogP contribution in [0.25, 0.3) is 11.1 Å². The molecule has 0 amide bonds. The van der Waals surface area contributed by atoms with Crippen LogP contribution in [0.5, 0.6) is 0 Å². The monoisotopic (exact) mass is 370 g/mol. The number of fused-ring (bicyclic) bond motifs is 1. The van der Waals surface area contributed by atoms with Crippen LogP contribution in [0.15, 0.2) is 49.6 Å². The molecule has 0 aromatic heterocycles. The van der Waals surface area contributed by atoms with Crippen molar-refractivity contribution in [2.45, 2.75) is 51.6 Å². The fourth-order valence-electron chi connectivity index (χ4n) is 3.78. The third-order valence-electron chi connectivity index (χ3n) is 5.45. The van der Waals surface area contributed by atoms with Crippen molar-refractivity contribution in [3.63, 3.8) is 0 Å². The maximum absolute atomic E-state index is 12.7. The summed E-state index contributed by atoms with van der Waals surface area (Å²) in [6, 6.07) is 9.70. The molecule has 0 atom stereocenters. The zero-order valence-electron chi connectivity index (χ0n) is 15.8. The van der Waals surface area contributed by atoms with Crippen LogP contribution in [-0.2, 0) is 19.0 Å². The van der Waals surface area contributed by atoms with Gasteiger partial charge in [0.2, 0.25) is 0 Å². The summed E-state index contributed by atoms with van der Waals surface area (Å²) in [4.78, 5) is 0. The Hall–Kier alpha value is -2.29.